The summed E-state index contributed by atoms with van der Waals surface area (Å²) in [6.07, 6.45) is 0. The number of aromatic hydroxyl groups is 1. The summed E-state index contributed by atoms with van der Waals surface area (Å²) in [5.41, 5.74) is 1.97. The Morgan fingerprint density at radius 2 is 1.57 bits per heavy atom. The molecule has 2 aromatic heterocycles. The molecule has 0 aliphatic heterocycles. The molecule has 0 unspecified atom stereocenters. The summed E-state index contributed by atoms with van der Waals surface area (Å²) in [7, 11) is 0. The number of rotatable bonds is 5. The zero-order valence-corrected chi connectivity index (χ0v) is 18.9. The third kappa shape index (κ3) is 4.53. The number of para-hydroxylation sites is 1. The number of benzene rings is 3. The van der Waals surface area contributed by atoms with E-state index < -0.39 is 11.5 Å². The van der Waals surface area contributed by atoms with E-state index in [-0.39, 0.29) is 22.4 Å². The minimum Gasteiger partial charge on any atom is -0.506 e. The lowest BCUT2D eigenvalue weighted by atomic mass is 10.1. The van der Waals surface area contributed by atoms with Crippen molar-refractivity contribution in [3.8, 4) is 17.0 Å². The van der Waals surface area contributed by atoms with Crippen LogP contribution < -0.4 is 16.2 Å². The molecule has 0 aliphatic carbocycles. The number of nitrogens with zero attached hydrogens (tertiary/aromatic N) is 1. The van der Waals surface area contributed by atoms with Gasteiger partial charge in [0.25, 0.3) is 17.4 Å². The van der Waals surface area contributed by atoms with Gasteiger partial charge in [0.1, 0.15) is 11.3 Å². The Bertz CT molecular complexity index is 1610. The minimum absolute atomic E-state index is 0.205. The number of hydrogen-bond donors (Lipinski definition) is 4. The number of nitrogens with one attached hydrogen (secondary N) is 3. The van der Waals surface area contributed by atoms with Crippen molar-refractivity contribution >= 4 is 44.9 Å². The van der Waals surface area contributed by atoms with Crippen LogP contribution in [0.5, 0.6) is 5.75 Å². The van der Waals surface area contributed by atoms with Crippen molar-refractivity contribution in [3.63, 3.8) is 0 Å². The van der Waals surface area contributed by atoms with Crippen molar-refractivity contribution in [2.45, 2.75) is 0 Å². The van der Waals surface area contributed by atoms with Gasteiger partial charge >= 0.3 is 0 Å². The zero-order valence-electron chi connectivity index (χ0n) is 18.1. The lowest BCUT2D eigenvalue weighted by Gasteiger charge is -2.07. The van der Waals surface area contributed by atoms with Crippen molar-refractivity contribution in [1.29, 1.82) is 0 Å². The molecule has 3 aromatic carbocycles. The number of H-pyrrole nitrogens is 1. The van der Waals surface area contributed by atoms with Crippen molar-refractivity contribution in [1.82, 2.24) is 9.97 Å². The first-order chi connectivity index (χ1) is 17.0. The van der Waals surface area contributed by atoms with E-state index in [1.165, 1.54) is 11.3 Å². The van der Waals surface area contributed by atoms with Crippen LogP contribution in [0.2, 0.25) is 0 Å². The number of anilines is 2. The molecule has 0 atom stereocenters. The monoisotopic (exact) mass is 482 g/mol. The average molecular weight is 483 g/mol. The van der Waals surface area contributed by atoms with Crippen LogP contribution in [0.3, 0.4) is 0 Å². The summed E-state index contributed by atoms with van der Waals surface area (Å²) in [5.74, 6) is -1.34. The van der Waals surface area contributed by atoms with Gasteiger partial charge in [-0.2, -0.15) is 0 Å². The second kappa shape index (κ2) is 9.24. The van der Waals surface area contributed by atoms with E-state index in [1.54, 1.807) is 78.2 Å². The van der Waals surface area contributed by atoms with E-state index >= 15 is 0 Å². The van der Waals surface area contributed by atoms with Gasteiger partial charge in [-0.15, -0.1) is 11.3 Å². The first kappa shape index (κ1) is 22.1. The SMILES string of the molecule is O=C(Nc1ccc(-c2csc(NC(=O)c3c(O)c4ccccc4[nH]c3=O)n2)cc1)c1ccccc1. The molecular weight excluding hydrogens is 464 g/mol. The highest BCUT2D eigenvalue weighted by molar-refractivity contribution is 7.14. The number of carbonyl (C=O) groups is 2. The lowest BCUT2D eigenvalue weighted by molar-refractivity contribution is 0.101. The second-order valence-corrected chi connectivity index (χ2v) is 8.47. The van der Waals surface area contributed by atoms with Crippen molar-refractivity contribution in [3.05, 3.63) is 106 Å². The molecule has 9 heteroatoms. The summed E-state index contributed by atoms with van der Waals surface area (Å²) in [5, 5.41) is 18.3. The van der Waals surface area contributed by atoms with E-state index in [0.29, 0.717) is 27.8 Å². The normalized spacial score (nSPS) is 10.7. The Kier molecular flexibility index (Phi) is 5.82. The van der Waals surface area contributed by atoms with Crippen LogP contribution in [0, 0.1) is 0 Å². The first-order valence-corrected chi connectivity index (χ1v) is 11.5. The van der Waals surface area contributed by atoms with Crippen LogP contribution in [0.1, 0.15) is 20.7 Å². The predicted octanol–water partition coefficient (Wildman–Crippen LogP) is 4.86. The third-order valence-electron chi connectivity index (χ3n) is 5.32. The molecule has 0 radical (unpaired) electrons. The van der Waals surface area contributed by atoms with E-state index in [4.69, 9.17) is 0 Å². The Morgan fingerprint density at radius 3 is 2.34 bits per heavy atom. The quantitative estimate of drug-likeness (QED) is 0.285. The zero-order chi connectivity index (χ0) is 24.4. The molecule has 0 fully saturated rings. The Balaban J connectivity index is 1.31. The fourth-order valence-corrected chi connectivity index (χ4v) is 4.29. The molecule has 0 aliphatic rings. The van der Waals surface area contributed by atoms with Gasteiger partial charge in [0.15, 0.2) is 5.13 Å². The van der Waals surface area contributed by atoms with Crippen LogP contribution in [0.15, 0.2) is 89.0 Å². The van der Waals surface area contributed by atoms with Crippen LogP contribution >= 0.6 is 11.3 Å². The second-order valence-electron chi connectivity index (χ2n) is 7.61. The molecule has 35 heavy (non-hydrogen) atoms. The van der Waals surface area contributed by atoms with Crippen molar-refractivity contribution in [2.24, 2.45) is 0 Å². The predicted molar refractivity (Wildman–Crippen MR) is 136 cm³/mol. The van der Waals surface area contributed by atoms with Crippen LogP contribution in [-0.2, 0) is 0 Å². The smallest absolute Gasteiger partial charge is 0.266 e. The molecule has 5 aromatic rings. The Hall–Kier alpha value is -4.76. The minimum atomic E-state index is -0.755. The molecule has 0 bridgehead atoms. The number of aromatic nitrogens is 2. The maximum Gasteiger partial charge on any atom is 0.266 e. The van der Waals surface area contributed by atoms with Gasteiger partial charge in [0.05, 0.1) is 11.2 Å². The summed E-state index contributed by atoms with van der Waals surface area (Å²) >= 11 is 1.19. The Morgan fingerprint density at radius 1 is 0.857 bits per heavy atom. The number of pyridine rings is 1. The topological polar surface area (TPSA) is 124 Å². The molecule has 172 valence electrons. The lowest BCUT2D eigenvalue weighted by Crippen LogP contribution is -2.23. The largest absolute Gasteiger partial charge is 0.506 e. The van der Waals surface area contributed by atoms with Crippen LogP contribution in [-0.4, -0.2) is 26.9 Å². The molecular formula is C26H18N4O4S. The van der Waals surface area contributed by atoms with Crippen molar-refractivity contribution < 1.29 is 14.7 Å². The summed E-state index contributed by atoms with van der Waals surface area (Å²) in [6.45, 7) is 0. The molecule has 5 rings (SSSR count). The van der Waals surface area contributed by atoms with E-state index in [2.05, 4.69) is 20.6 Å². The number of aromatic amines is 1. The number of amides is 2. The summed E-state index contributed by atoms with van der Waals surface area (Å²) < 4.78 is 0. The molecule has 4 N–H and O–H groups in total. The van der Waals surface area contributed by atoms with Gasteiger partial charge in [-0.1, -0.05) is 42.5 Å². The van der Waals surface area contributed by atoms with E-state index in [9.17, 15) is 19.5 Å². The molecule has 0 spiro atoms. The van der Waals surface area contributed by atoms with Crippen LogP contribution in [0.25, 0.3) is 22.2 Å². The molecule has 2 heterocycles. The molecule has 2 amide bonds. The maximum atomic E-state index is 12.7. The van der Waals surface area contributed by atoms with E-state index in [1.807, 2.05) is 6.07 Å². The number of thiazole rings is 1. The number of fused-ring (bicyclic) bond motifs is 1. The Labute approximate surface area is 202 Å². The van der Waals surface area contributed by atoms with Gasteiger partial charge in [0, 0.05) is 27.6 Å². The first-order valence-electron chi connectivity index (χ1n) is 10.6. The van der Waals surface area contributed by atoms with Gasteiger partial charge in [0.2, 0.25) is 0 Å². The summed E-state index contributed by atoms with van der Waals surface area (Å²) in [6, 6.07) is 22.7. The molecule has 0 saturated carbocycles. The van der Waals surface area contributed by atoms with Crippen molar-refractivity contribution in [2.75, 3.05) is 10.6 Å². The maximum absolute atomic E-state index is 12.7. The molecule has 8 nitrogen and oxygen atoms in total. The third-order valence-corrected chi connectivity index (χ3v) is 6.08. The van der Waals surface area contributed by atoms with E-state index in [0.717, 1.165) is 5.56 Å². The number of hydrogen-bond acceptors (Lipinski definition) is 6. The number of carbonyl (C=O) groups excluding carboxylic acids is 2. The summed E-state index contributed by atoms with van der Waals surface area (Å²) in [4.78, 5) is 44.5. The van der Waals surface area contributed by atoms with Gasteiger partial charge in [-0.25, -0.2) is 4.98 Å². The average Bonchev–Trinajstić information content (AvgIpc) is 3.33. The van der Waals surface area contributed by atoms with Crippen LogP contribution in [0.4, 0.5) is 10.8 Å². The molecule has 0 saturated heterocycles. The fraction of sp³-hybridized carbons (Fsp3) is 0. The van der Waals surface area contributed by atoms with Gasteiger partial charge < -0.3 is 15.4 Å². The van der Waals surface area contributed by atoms with Gasteiger partial charge in [-0.05, 0) is 36.4 Å². The highest BCUT2D eigenvalue weighted by Gasteiger charge is 2.20. The highest BCUT2D eigenvalue weighted by atomic mass is 32.1. The standard InChI is InChI=1S/C26H18N4O4S/c31-22-18-8-4-5-9-19(18)28-24(33)21(22)25(34)30-26-29-20(14-35-26)15-10-12-17(13-11-15)27-23(32)16-6-2-1-3-7-16/h1-14H,(H,27,32)(H2,28,31,33)(H,29,30,34). The van der Waals surface area contributed by atoms with Gasteiger partial charge in [-0.3, -0.25) is 19.7 Å². The fourth-order valence-electron chi connectivity index (χ4n) is 3.58. The highest BCUT2D eigenvalue weighted by Crippen LogP contribution is 2.28.